The first-order chi connectivity index (χ1) is 14.7. The normalized spacial score (nSPS) is 17.7. The third-order valence-corrected chi connectivity index (χ3v) is 7.64. The second-order valence-electron chi connectivity index (χ2n) is 8.00. The fourth-order valence-electron chi connectivity index (χ4n) is 4.06. The number of carbonyl (C=O) groups excluding carboxylic acids is 2. The summed E-state index contributed by atoms with van der Waals surface area (Å²) in [4.78, 5) is 26.9. The Bertz CT molecular complexity index is 1210. The number of nitrogens with zero attached hydrogens (tertiary/aromatic N) is 2. The van der Waals surface area contributed by atoms with Gasteiger partial charge in [-0.25, -0.2) is 8.42 Å². The molecule has 7 nitrogen and oxygen atoms in total. The van der Waals surface area contributed by atoms with Crippen molar-refractivity contribution >= 4 is 33.1 Å². The van der Waals surface area contributed by atoms with Gasteiger partial charge in [0.15, 0.2) is 0 Å². The molecule has 2 aliphatic rings. The Hall–Kier alpha value is -2.97. The van der Waals surface area contributed by atoms with Gasteiger partial charge in [0.05, 0.1) is 10.5 Å². The molecule has 2 aromatic rings. The molecule has 8 heteroatoms. The molecule has 2 aliphatic heterocycles. The highest BCUT2D eigenvalue weighted by Crippen LogP contribution is 2.32. The predicted octanol–water partition coefficient (Wildman–Crippen LogP) is 2.91. The highest BCUT2D eigenvalue weighted by atomic mass is 32.2. The molecule has 0 spiro atoms. The standard InChI is InChI=1S/C23H25N3O4S/c1-15-9-10-19(16(2)13-15)20-21(23(28)25(3)22(20)27)24-17-7-6-8-18(14-17)31(29,30)26-11-4-5-12-26/h6-10,13-14,24H,4-5,11-12H2,1-3H3. The minimum Gasteiger partial charge on any atom is -0.350 e. The minimum atomic E-state index is -3.59. The number of aryl methyl sites for hydroxylation is 2. The molecule has 0 aliphatic carbocycles. The number of amides is 2. The summed E-state index contributed by atoms with van der Waals surface area (Å²) in [5, 5.41) is 3.03. The molecule has 0 aromatic heterocycles. The van der Waals surface area contributed by atoms with E-state index >= 15 is 0 Å². The van der Waals surface area contributed by atoms with Gasteiger partial charge >= 0.3 is 0 Å². The molecule has 0 radical (unpaired) electrons. The maximum Gasteiger partial charge on any atom is 0.277 e. The summed E-state index contributed by atoms with van der Waals surface area (Å²) in [6, 6.07) is 12.1. The number of sulfonamides is 1. The molecule has 2 amide bonds. The van der Waals surface area contributed by atoms with Crippen LogP contribution in [0.15, 0.2) is 53.1 Å². The van der Waals surface area contributed by atoms with Gasteiger partial charge in [0, 0.05) is 25.8 Å². The zero-order valence-corrected chi connectivity index (χ0v) is 18.6. The Morgan fingerprint density at radius 3 is 2.32 bits per heavy atom. The van der Waals surface area contributed by atoms with E-state index in [-0.39, 0.29) is 22.1 Å². The van der Waals surface area contributed by atoms with Crippen LogP contribution in [0.4, 0.5) is 5.69 Å². The van der Waals surface area contributed by atoms with Crippen molar-refractivity contribution in [3.63, 3.8) is 0 Å². The molecule has 31 heavy (non-hydrogen) atoms. The SMILES string of the molecule is Cc1ccc(C2=C(Nc3cccc(S(=O)(=O)N4CCCC4)c3)C(=O)N(C)C2=O)c(C)c1. The molecule has 0 unspecified atom stereocenters. The van der Waals surface area contributed by atoms with Gasteiger partial charge < -0.3 is 5.32 Å². The summed E-state index contributed by atoms with van der Waals surface area (Å²) in [5.74, 6) is -0.840. The van der Waals surface area contributed by atoms with Crippen molar-refractivity contribution in [2.75, 3.05) is 25.5 Å². The summed E-state index contributed by atoms with van der Waals surface area (Å²) in [6.45, 7) is 4.89. The van der Waals surface area contributed by atoms with Crippen LogP contribution in [-0.2, 0) is 19.6 Å². The Kier molecular flexibility index (Phi) is 5.45. The Morgan fingerprint density at radius 1 is 0.935 bits per heavy atom. The van der Waals surface area contributed by atoms with Crippen molar-refractivity contribution in [3.05, 3.63) is 64.9 Å². The summed E-state index contributed by atoms with van der Waals surface area (Å²) < 4.78 is 27.3. The van der Waals surface area contributed by atoms with Crippen LogP contribution in [0.5, 0.6) is 0 Å². The first kappa shape index (κ1) is 21.3. The first-order valence-electron chi connectivity index (χ1n) is 10.2. The van der Waals surface area contributed by atoms with Crippen LogP contribution in [0.2, 0.25) is 0 Å². The molecule has 1 fully saturated rings. The summed E-state index contributed by atoms with van der Waals surface area (Å²) in [6.07, 6.45) is 1.71. The minimum absolute atomic E-state index is 0.148. The third kappa shape index (κ3) is 3.77. The van der Waals surface area contributed by atoms with E-state index in [1.54, 1.807) is 18.2 Å². The monoisotopic (exact) mass is 439 g/mol. The maximum atomic E-state index is 12.9. The molecule has 0 bridgehead atoms. The number of imide groups is 1. The lowest BCUT2D eigenvalue weighted by molar-refractivity contribution is -0.135. The zero-order chi connectivity index (χ0) is 22.3. The number of likely N-dealkylation sites (N-methyl/N-ethyl adjacent to an activating group) is 1. The summed E-state index contributed by atoms with van der Waals surface area (Å²) >= 11 is 0. The highest BCUT2D eigenvalue weighted by molar-refractivity contribution is 7.89. The van der Waals surface area contributed by atoms with E-state index in [1.165, 1.54) is 17.4 Å². The highest BCUT2D eigenvalue weighted by Gasteiger charge is 2.37. The zero-order valence-electron chi connectivity index (χ0n) is 17.8. The van der Waals surface area contributed by atoms with E-state index < -0.39 is 15.9 Å². The predicted molar refractivity (Wildman–Crippen MR) is 119 cm³/mol. The fourth-order valence-corrected chi connectivity index (χ4v) is 5.62. The molecular weight excluding hydrogens is 414 g/mol. The van der Waals surface area contributed by atoms with Gasteiger partial charge in [-0.3, -0.25) is 14.5 Å². The van der Waals surface area contributed by atoms with Crippen molar-refractivity contribution in [3.8, 4) is 0 Å². The van der Waals surface area contributed by atoms with E-state index in [2.05, 4.69) is 5.32 Å². The van der Waals surface area contributed by atoms with Crippen LogP contribution in [0.25, 0.3) is 5.57 Å². The van der Waals surface area contributed by atoms with E-state index in [1.807, 2.05) is 32.0 Å². The number of rotatable bonds is 5. The van der Waals surface area contributed by atoms with E-state index in [0.29, 0.717) is 24.3 Å². The molecule has 4 rings (SSSR count). The number of hydrogen-bond acceptors (Lipinski definition) is 5. The average Bonchev–Trinajstić information content (AvgIpc) is 3.35. The van der Waals surface area contributed by atoms with E-state index in [9.17, 15) is 18.0 Å². The smallest absolute Gasteiger partial charge is 0.277 e. The second-order valence-corrected chi connectivity index (χ2v) is 9.94. The van der Waals surface area contributed by atoms with Gasteiger partial charge in [0.25, 0.3) is 11.8 Å². The lowest BCUT2D eigenvalue weighted by atomic mass is 9.97. The van der Waals surface area contributed by atoms with Crippen LogP contribution in [0, 0.1) is 13.8 Å². The molecule has 2 aromatic carbocycles. The second kappa shape index (κ2) is 7.94. The number of carbonyl (C=O) groups is 2. The van der Waals surface area contributed by atoms with Gasteiger partial charge in [-0.15, -0.1) is 0 Å². The van der Waals surface area contributed by atoms with Gasteiger partial charge in [-0.2, -0.15) is 4.31 Å². The molecule has 2 heterocycles. The number of nitrogens with one attached hydrogen (secondary N) is 1. The number of benzene rings is 2. The molecule has 1 N–H and O–H groups in total. The lowest BCUT2D eigenvalue weighted by Crippen LogP contribution is -2.28. The molecule has 0 saturated carbocycles. The van der Waals surface area contributed by atoms with Gasteiger partial charge in [-0.05, 0) is 56.0 Å². The average molecular weight is 440 g/mol. The molecule has 1 saturated heterocycles. The number of anilines is 1. The Morgan fingerprint density at radius 2 is 1.65 bits per heavy atom. The van der Waals surface area contributed by atoms with Crippen molar-refractivity contribution in [2.45, 2.75) is 31.6 Å². The molecule has 0 atom stereocenters. The van der Waals surface area contributed by atoms with Gasteiger partial charge in [0.2, 0.25) is 10.0 Å². The van der Waals surface area contributed by atoms with Crippen LogP contribution in [0.3, 0.4) is 0 Å². The van der Waals surface area contributed by atoms with Crippen LogP contribution in [-0.4, -0.2) is 49.6 Å². The van der Waals surface area contributed by atoms with Crippen molar-refractivity contribution < 1.29 is 18.0 Å². The van der Waals surface area contributed by atoms with Gasteiger partial charge in [-0.1, -0.05) is 29.8 Å². The summed E-state index contributed by atoms with van der Waals surface area (Å²) in [7, 11) is -2.15. The fraction of sp³-hybridized carbons (Fsp3) is 0.304. The first-order valence-corrected chi connectivity index (χ1v) is 11.7. The summed E-state index contributed by atoms with van der Waals surface area (Å²) in [5.41, 5.74) is 3.50. The van der Waals surface area contributed by atoms with Crippen molar-refractivity contribution in [2.24, 2.45) is 0 Å². The third-order valence-electron chi connectivity index (χ3n) is 5.74. The van der Waals surface area contributed by atoms with Gasteiger partial charge in [0.1, 0.15) is 5.70 Å². The lowest BCUT2D eigenvalue weighted by Gasteiger charge is -2.16. The van der Waals surface area contributed by atoms with E-state index in [0.717, 1.165) is 28.9 Å². The van der Waals surface area contributed by atoms with Crippen molar-refractivity contribution in [1.82, 2.24) is 9.21 Å². The number of hydrogen-bond donors (Lipinski definition) is 1. The quantitative estimate of drug-likeness (QED) is 0.724. The Balaban J connectivity index is 1.75. The van der Waals surface area contributed by atoms with Crippen molar-refractivity contribution in [1.29, 1.82) is 0 Å². The van der Waals surface area contributed by atoms with Crippen LogP contribution >= 0.6 is 0 Å². The topological polar surface area (TPSA) is 86.8 Å². The van der Waals surface area contributed by atoms with Crippen LogP contribution in [0.1, 0.15) is 29.5 Å². The molecule has 162 valence electrons. The molecular formula is C23H25N3O4S. The largest absolute Gasteiger partial charge is 0.350 e. The van der Waals surface area contributed by atoms with Crippen LogP contribution < -0.4 is 5.32 Å². The van der Waals surface area contributed by atoms with E-state index in [4.69, 9.17) is 0 Å². The maximum absolute atomic E-state index is 12.9. The Labute approximate surface area is 182 Å².